The average molecular weight is 489 g/mol. The second-order valence-corrected chi connectivity index (χ2v) is 7.28. The molecule has 176 valence electrons. The van der Waals surface area contributed by atoms with Crippen molar-refractivity contribution in [3.05, 3.63) is 83.0 Å². The predicted octanol–water partition coefficient (Wildman–Crippen LogP) is 6.72. The third-order valence-corrected chi connectivity index (χ3v) is 4.85. The van der Waals surface area contributed by atoms with Crippen LogP contribution < -0.4 is 4.90 Å². The number of anilines is 1. The fourth-order valence-electron chi connectivity index (χ4n) is 3.15. The number of carbonyl (C=O) groups is 1. The molecule has 0 aliphatic carbocycles. The zero-order valence-corrected chi connectivity index (χ0v) is 18.3. The fraction of sp³-hybridized carbons (Fsp3) is 0.217. The van der Waals surface area contributed by atoms with Crippen molar-refractivity contribution in [2.75, 3.05) is 11.9 Å². The van der Waals surface area contributed by atoms with Gasteiger partial charge in [0.15, 0.2) is 0 Å². The van der Waals surface area contributed by atoms with Crippen LogP contribution in [0.25, 0.3) is 11.3 Å². The number of rotatable bonds is 4. The Morgan fingerprint density at radius 2 is 1.45 bits per heavy atom. The van der Waals surface area contributed by atoms with Gasteiger partial charge in [0.25, 0.3) is 0 Å². The number of nitrogens with zero attached hydrogens (tertiary/aromatic N) is 2. The van der Waals surface area contributed by atoms with Crippen molar-refractivity contribution in [2.24, 2.45) is 0 Å². The second-order valence-electron chi connectivity index (χ2n) is 7.28. The molecule has 0 fully saturated rings. The molecule has 0 aliphatic rings. The lowest BCUT2D eigenvalue weighted by Crippen LogP contribution is -2.28. The van der Waals surface area contributed by atoms with E-state index in [0.29, 0.717) is 29.1 Å². The van der Waals surface area contributed by atoms with Gasteiger partial charge < -0.3 is 4.90 Å². The second kappa shape index (κ2) is 9.82. The molecule has 10 heteroatoms. The Morgan fingerprint density at radius 3 is 1.97 bits per heavy atom. The number of aryl methyl sites for hydroxylation is 1. The molecule has 0 radical (unpaired) electrons. The molecule has 0 unspecified atom stereocenters. The summed E-state index contributed by atoms with van der Waals surface area (Å²) in [6.45, 7) is 1.91. The van der Waals surface area contributed by atoms with Crippen molar-refractivity contribution in [2.45, 2.75) is 25.7 Å². The van der Waals surface area contributed by atoms with E-state index in [1.807, 2.05) is 31.2 Å². The van der Waals surface area contributed by atoms with Crippen molar-refractivity contribution in [3.8, 4) is 11.3 Å². The van der Waals surface area contributed by atoms with E-state index in [1.54, 1.807) is 12.1 Å². The molecule has 0 saturated carbocycles. The van der Waals surface area contributed by atoms with E-state index >= 15 is 0 Å². The number of hydrogen-bond acceptors (Lipinski definition) is 2. The molecule has 0 atom stereocenters. The largest absolute Gasteiger partial charge is 0.416 e. The molecular formula is C23H19ClF6N2O. The maximum atomic E-state index is 13.1. The third kappa shape index (κ3) is 6.25. The minimum Gasteiger partial charge on any atom is -0.313 e. The summed E-state index contributed by atoms with van der Waals surface area (Å²) in [5, 5.41) is 0. The van der Waals surface area contributed by atoms with E-state index in [0.717, 1.165) is 5.56 Å². The minimum atomic E-state index is -4.98. The van der Waals surface area contributed by atoms with Crippen LogP contribution in [0.4, 0.5) is 32.0 Å². The summed E-state index contributed by atoms with van der Waals surface area (Å²) in [7, 11) is 1.40. The van der Waals surface area contributed by atoms with Crippen molar-refractivity contribution >= 4 is 24.0 Å². The number of amides is 1. The number of halogens is 7. The molecule has 2 aromatic carbocycles. The highest BCUT2D eigenvalue weighted by Crippen LogP contribution is 2.36. The standard InChI is InChI=1S/C23H18F6N2O.ClH/c1-14-5-7-16(8-6-14)21-19(4-3-9-30-21)31(2)20(32)12-15-10-17(22(24,25)26)13-18(11-15)23(27,28)29;/h3-11,13H,12H2,1-2H3;1H. The van der Waals surface area contributed by atoms with Crippen LogP contribution in [-0.2, 0) is 23.6 Å². The van der Waals surface area contributed by atoms with E-state index < -0.39 is 35.8 Å². The molecule has 0 spiro atoms. The first-order chi connectivity index (χ1) is 14.9. The number of hydrogen-bond donors (Lipinski definition) is 0. The maximum Gasteiger partial charge on any atom is 0.416 e. The summed E-state index contributed by atoms with van der Waals surface area (Å²) in [5.41, 5.74) is -0.735. The number of alkyl halides is 6. The number of likely N-dealkylation sites (N-methyl/N-ethyl adjacent to an activating group) is 1. The Kier molecular flexibility index (Phi) is 7.79. The first-order valence-electron chi connectivity index (χ1n) is 9.43. The molecule has 0 N–H and O–H groups in total. The van der Waals surface area contributed by atoms with E-state index in [2.05, 4.69) is 4.98 Å². The highest BCUT2D eigenvalue weighted by Gasteiger charge is 2.37. The number of aromatic nitrogens is 1. The molecule has 33 heavy (non-hydrogen) atoms. The van der Waals surface area contributed by atoms with Gasteiger partial charge >= 0.3 is 12.4 Å². The maximum absolute atomic E-state index is 13.1. The number of pyridine rings is 1. The quantitative estimate of drug-likeness (QED) is 0.382. The normalized spacial score (nSPS) is 11.6. The summed E-state index contributed by atoms with van der Waals surface area (Å²) < 4.78 is 78.6. The Labute approximate surface area is 192 Å². The van der Waals surface area contributed by atoms with Gasteiger partial charge in [-0.3, -0.25) is 9.78 Å². The van der Waals surface area contributed by atoms with Gasteiger partial charge in [-0.2, -0.15) is 26.3 Å². The monoisotopic (exact) mass is 488 g/mol. The highest BCUT2D eigenvalue weighted by atomic mass is 35.5. The van der Waals surface area contributed by atoms with Crippen LogP contribution in [0.15, 0.2) is 60.8 Å². The fourth-order valence-corrected chi connectivity index (χ4v) is 3.15. The van der Waals surface area contributed by atoms with Crippen LogP contribution in [0.3, 0.4) is 0 Å². The molecule has 0 saturated heterocycles. The van der Waals surface area contributed by atoms with Gasteiger partial charge in [-0.25, -0.2) is 0 Å². The van der Waals surface area contributed by atoms with Crippen LogP contribution in [-0.4, -0.2) is 17.9 Å². The Hall–Kier alpha value is -3.07. The van der Waals surface area contributed by atoms with Crippen molar-refractivity contribution in [3.63, 3.8) is 0 Å². The molecule has 3 aromatic rings. The summed E-state index contributed by atoms with van der Waals surface area (Å²) in [6, 6.07) is 11.7. The summed E-state index contributed by atoms with van der Waals surface area (Å²) in [6.07, 6.45) is -9.08. The lowest BCUT2D eigenvalue weighted by Gasteiger charge is -2.21. The van der Waals surface area contributed by atoms with Crippen molar-refractivity contribution in [1.29, 1.82) is 0 Å². The average Bonchev–Trinajstić information content (AvgIpc) is 2.72. The van der Waals surface area contributed by atoms with E-state index in [9.17, 15) is 31.1 Å². The zero-order valence-electron chi connectivity index (χ0n) is 17.5. The van der Waals surface area contributed by atoms with Crippen LogP contribution >= 0.6 is 12.4 Å². The summed E-state index contributed by atoms with van der Waals surface area (Å²) in [4.78, 5) is 18.3. The van der Waals surface area contributed by atoms with Gasteiger partial charge in [0, 0.05) is 18.8 Å². The van der Waals surface area contributed by atoms with E-state index in [4.69, 9.17) is 0 Å². The SMILES string of the molecule is Cc1ccc(-c2ncccc2N(C)C(=O)Cc2cc(C(F)(F)F)cc(C(F)(F)F)c2)cc1.Cl. The number of benzene rings is 2. The molecule has 3 nitrogen and oxygen atoms in total. The van der Waals surface area contributed by atoms with Crippen molar-refractivity contribution in [1.82, 2.24) is 4.98 Å². The smallest absolute Gasteiger partial charge is 0.313 e. The van der Waals surface area contributed by atoms with Crippen LogP contribution in [0.2, 0.25) is 0 Å². The lowest BCUT2D eigenvalue weighted by atomic mass is 10.0. The van der Waals surface area contributed by atoms with Crippen LogP contribution in [0, 0.1) is 6.92 Å². The van der Waals surface area contributed by atoms with Crippen molar-refractivity contribution < 1.29 is 31.1 Å². The topological polar surface area (TPSA) is 33.2 Å². The van der Waals surface area contributed by atoms with Crippen LogP contribution in [0.1, 0.15) is 22.3 Å². The molecular weight excluding hydrogens is 470 g/mol. The van der Waals surface area contributed by atoms with E-state index in [-0.39, 0.29) is 24.0 Å². The van der Waals surface area contributed by atoms with Gasteiger partial charge in [0.1, 0.15) is 0 Å². The molecule has 1 aromatic heterocycles. The summed E-state index contributed by atoms with van der Waals surface area (Å²) >= 11 is 0. The lowest BCUT2D eigenvalue weighted by molar-refractivity contribution is -0.143. The Morgan fingerprint density at radius 1 is 0.909 bits per heavy atom. The Balaban J connectivity index is 0.00000385. The van der Waals surface area contributed by atoms with Gasteiger partial charge in [0.2, 0.25) is 5.91 Å². The molecule has 0 aliphatic heterocycles. The zero-order chi connectivity index (χ0) is 23.7. The molecule has 1 heterocycles. The van der Waals surface area contributed by atoms with Crippen LogP contribution in [0.5, 0.6) is 0 Å². The molecule has 3 rings (SSSR count). The first kappa shape index (κ1) is 26.2. The minimum absolute atomic E-state index is 0. The summed E-state index contributed by atoms with van der Waals surface area (Å²) in [5.74, 6) is -0.682. The van der Waals surface area contributed by atoms with Gasteiger partial charge in [-0.05, 0) is 42.8 Å². The molecule has 0 bridgehead atoms. The predicted molar refractivity (Wildman–Crippen MR) is 115 cm³/mol. The third-order valence-electron chi connectivity index (χ3n) is 4.85. The number of carbonyl (C=O) groups excluding carboxylic acids is 1. The van der Waals surface area contributed by atoms with Gasteiger partial charge in [-0.15, -0.1) is 12.4 Å². The van der Waals surface area contributed by atoms with Gasteiger partial charge in [0.05, 0.1) is 28.9 Å². The van der Waals surface area contributed by atoms with Gasteiger partial charge in [-0.1, -0.05) is 29.8 Å². The first-order valence-corrected chi connectivity index (χ1v) is 9.43. The Bertz CT molecular complexity index is 1090. The van der Waals surface area contributed by atoms with E-state index in [1.165, 1.54) is 18.1 Å². The molecule has 1 amide bonds. The highest BCUT2D eigenvalue weighted by molar-refractivity contribution is 5.97.